The van der Waals surface area contributed by atoms with Gasteiger partial charge in [-0.3, -0.25) is 9.59 Å². The van der Waals surface area contributed by atoms with E-state index in [0.717, 1.165) is 18.5 Å². The lowest BCUT2D eigenvalue weighted by molar-refractivity contribution is -0.125. The van der Waals surface area contributed by atoms with Crippen molar-refractivity contribution in [2.24, 2.45) is 11.8 Å². The van der Waals surface area contributed by atoms with Gasteiger partial charge in [-0.1, -0.05) is 25.4 Å². The first-order valence-electron chi connectivity index (χ1n) is 7.88. The molecule has 1 saturated heterocycles. The first kappa shape index (κ1) is 16.8. The molecule has 1 N–H and O–H groups in total. The molecule has 1 aliphatic rings. The highest BCUT2D eigenvalue weighted by Gasteiger charge is 2.31. The Morgan fingerprint density at radius 3 is 2.55 bits per heavy atom. The second-order valence-electron chi connectivity index (χ2n) is 5.81. The van der Waals surface area contributed by atoms with Gasteiger partial charge in [0.2, 0.25) is 11.8 Å². The summed E-state index contributed by atoms with van der Waals surface area (Å²) in [5, 5.41) is 3.65. The monoisotopic (exact) mass is 322 g/mol. The third-order valence-corrected chi connectivity index (χ3v) is 4.52. The Morgan fingerprint density at radius 1 is 1.32 bits per heavy atom. The van der Waals surface area contributed by atoms with E-state index in [1.807, 2.05) is 26.0 Å². The molecule has 2 amide bonds. The van der Waals surface area contributed by atoms with Crippen molar-refractivity contribution in [2.45, 2.75) is 33.1 Å². The van der Waals surface area contributed by atoms with Crippen LogP contribution in [-0.2, 0) is 9.59 Å². The molecule has 0 radical (unpaired) electrons. The van der Waals surface area contributed by atoms with Crippen molar-refractivity contribution in [3.63, 3.8) is 0 Å². The molecule has 1 aromatic carbocycles. The fourth-order valence-corrected chi connectivity index (χ4v) is 2.96. The summed E-state index contributed by atoms with van der Waals surface area (Å²) < 4.78 is 0. The molecule has 1 unspecified atom stereocenters. The summed E-state index contributed by atoms with van der Waals surface area (Å²) in [6.45, 7) is 5.25. The summed E-state index contributed by atoms with van der Waals surface area (Å²) in [6.07, 6.45) is 2.18. The predicted octanol–water partition coefficient (Wildman–Crippen LogP) is 3.25. The van der Waals surface area contributed by atoms with Gasteiger partial charge in [0.1, 0.15) is 0 Å². The van der Waals surface area contributed by atoms with Crippen molar-refractivity contribution in [1.29, 1.82) is 0 Å². The Morgan fingerprint density at radius 2 is 1.95 bits per heavy atom. The fraction of sp³-hybridized carbons (Fsp3) is 0.529. The third-order valence-electron chi connectivity index (χ3n) is 4.26. The third kappa shape index (κ3) is 4.01. The van der Waals surface area contributed by atoms with Gasteiger partial charge in [0.15, 0.2) is 0 Å². The van der Waals surface area contributed by atoms with Gasteiger partial charge in [0, 0.05) is 42.1 Å². The number of anilines is 1. The van der Waals surface area contributed by atoms with Crippen LogP contribution in [0.15, 0.2) is 24.3 Å². The average molecular weight is 323 g/mol. The van der Waals surface area contributed by atoms with Crippen molar-refractivity contribution in [3.05, 3.63) is 29.3 Å². The highest BCUT2D eigenvalue weighted by atomic mass is 35.5. The lowest BCUT2D eigenvalue weighted by Crippen LogP contribution is -2.35. The van der Waals surface area contributed by atoms with E-state index in [1.165, 1.54) is 0 Å². The molecule has 0 aromatic heterocycles. The number of rotatable bonds is 6. The summed E-state index contributed by atoms with van der Waals surface area (Å²) in [4.78, 5) is 25.9. The van der Waals surface area contributed by atoms with E-state index < -0.39 is 0 Å². The van der Waals surface area contributed by atoms with E-state index in [2.05, 4.69) is 5.32 Å². The molecule has 0 saturated carbocycles. The molecule has 1 aromatic rings. The molecule has 120 valence electrons. The standard InChI is InChI=1S/C17H23ClN2O2/c1-3-13(4-2)17(22)19-10-12-9-16(21)20(11-12)15-7-5-14(18)6-8-15/h5-8,12-13H,3-4,9-11H2,1-2H3,(H,19,22). The first-order valence-corrected chi connectivity index (χ1v) is 8.26. The second-order valence-corrected chi connectivity index (χ2v) is 6.25. The van der Waals surface area contributed by atoms with E-state index in [1.54, 1.807) is 17.0 Å². The minimum atomic E-state index is 0.0736. The maximum Gasteiger partial charge on any atom is 0.227 e. The van der Waals surface area contributed by atoms with Gasteiger partial charge in [0.05, 0.1) is 0 Å². The van der Waals surface area contributed by atoms with Crippen LogP contribution in [0.3, 0.4) is 0 Å². The molecule has 5 heteroatoms. The lowest BCUT2D eigenvalue weighted by Gasteiger charge is -2.18. The number of halogens is 1. The summed E-state index contributed by atoms with van der Waals surface area (Å²) in [7, 11) is 0. The number of hydrogen-bond acceptors (Lipinski definition) is 2. The quantitative estimate of drug-likeness (QED) is 0.874. The normalized spacial score (nSPS) is 18.1. The molecule has 1 atom stereocenters. The van der Waals surface area contributed by atoms with Crippen LogP contribution in [0.5, 0.6) is 0 Å². The van der Waals surface area contributed by atoms with E-state index in [4.69, 9.17) is 11.6 Å². The van der Waals surface area contributed by atoms with Gasteiger partial charge in [-0.25, -0.2) is 0 Å². The number of nitrogens with one attached hydrogen (secondary N) is 1. The summed E-state index contributed by atoms with van der Waals surface area (Å²) in [5.74, 6) is 0.442. The number of carbonyl (C=O) groups is 2. The Bertz CT molecular complexity index is 526. The molecule has 1 fully saturated rings. The van der Waals surface area contributed by atoms with Crippen LogP contribution in [0.1, 0.15) is 33.1 Å². The van der Waals surface area contributed by atoms with Gasteiger partial charge in [-0.15, -0.1) is 0 Å². The number of amides is 2. The lowest BCUT2D eigenvalue weighted by atomic mass is 10.0. The van der Waals surface area contributed by atoms with Gasteiger partial charge >= 0.3 is 0 Å². The molecular weight excluding hydrogens is 300 g/mol. The smallest absolute Gasteiger partial charge is 0.227 e. The zero-order chi connectivity index (χ0) is 16.1. The van der Waals surface area contributed by atoms with E-state index in [9.17, 15) is 9.59 Å². The zero-order valence-corrected chi connectivity index (χ0v) is 13.9. The molecular formula is C17H23ClN2O2. The highest BCUT2D eigenvalue weighted by molar-refractivity contribution is 6.30. The summed E-state index contributed by atoms with van der Waals surface area (Å²) >= 11 is 5.87. The largest absolute Gasteiger partial charge is 0.356 e. The van der Waals surface area contributed by atoms with Crippen LogP contribution in [0.25, 0.3) is 0 Å². The molecule has 0 bridgehead atoms. The van der Waals surface area contributed by atoms with Crippen LogP contribution in [0, 0.1) is 11.8 Å². The Labute approximate surface area is 136 Å². The van der Waals surface area contributed by atoms with Crippen molar-refractivity contribution < 1.29 is 9.59 Å². The Hall–Kier alpha value is -1.55. The van der Waals surface area contributed by atoms with Crippen molar-refractivity contribution >= 4 is 29.1 Å². The Balaban J connectivity index is 1.90. The topological polar surface area (TPSA) is 49.4 Å². The zero-order valence-electron chi connectivity index (χ0n) is 13.1. The fourth-order valence-electron chi connectivity index (χ4n) is 2.84. The van der Waals surface area contributed by atoms with Crippen LogP contribution < -0.4 is 10.2 Å². The molecule has 4 nitrogen and oxygen atoms in total. The van der Waals surface area contributed by atoms with Crippen molar-refractivity contribution in [2.75, 3.05) is 18.0 Å². The maximum absolute atomic E-state index is 12.1. The van der Waals surface area contributed by atoms with E-state index >= 15 is 0 Å². The number of benzene rings is 1. The van der Waals surface area contributed by atoms with Gasteiger partial charge in [0.25, 0.3) is 0 Å². The number of hydrogen-bond donors (Lipinski definition) is 1. The van der Waals surface area contributed by atoms with Crippen molar-refractivity contribution in [1.82, 2.24) is 5.32 Å². The number of nitrogens with zero attached hydrogens (tertiary/aromatic N) is 1. The molecule has 1 heterocycles. The van der Waals surface area contributed by atoms with E-state index in [-0.39, 0.29) is 23.7 Å². The second kappa shape index (κ2) is 7.63. The van der Waals surface area contributed by atoms with Gasteiger partial charge in [-0.2, -0.15) is 0 Å². The minimum absolute atomic E-state index is 0.0736. The predicted molar refractivity (Wildman–Crippen MR) is 89.0 cm³/mol. The molecule has 2 rings (SSSR count). The summed E-state index contributed by atoms with van der Waals surface area (Å²) in [5.41, 5.74) is 0.864. The van der Waals surface area contributed by atoms with Crippen LogP contribution in [0.2, 0.25) is 5.02 Å². The van der Waals surface area contributed by atoms with Crippen molar-refractivity contribution in [3.8, 4) is 0 Å². The molecule has 0 spiro atoms. The maximum atomic E-state index is 12.1. The van der Waals surface area contributed by atoms with E-state index in [0.29, 0.717) is 24.5 Å². The minimum Gasteiger partial charge on any atom is -0.356 e. The average Bonchev–Trinajstić information content (AvgIpc) is 2.88. The molecule has 22 heavy (non-hydrogen) atoms. The SMILES string of the molecule is CCC(CC)C(=O)NCC1CC(=O)N(c2ccc(Cl)cc2)C1. The first-order chi connectivity index (χ1) is 10.5. The van der Waals surface area contributed by atoms with Crippen LogP contribution in [-0.4, -0.2) is 24.9 Å². The molecule has 1 aliphatic heterocycles. The van der Waals surface area contributed by atoms with Gasteiger partial charge in [-0.05, 0) is 37.1 Å². The molecule has 0 aliphatic carbocycles. The van der Waals surface area contributed by atoms with Crippen LogP contribution >= 0.6 is 11.6 Å². The summed E-state index contributed by atoms with van der Waals surface area (Å²) in [6, 6.07) is 7.27. The highest BCUT2D eigenvalue weighted by Crippen LogP contribution is 2.26. The van der Waals surface area contributed by atoms with Crippen LogP contribution in [0.4, 0.5) is 5.69 Å². The number of carbonyl (C=O) groups excluding carboxylic acids is 2. The Kier molecular flexibility index (Phi) is 5.83. The van der Waals surface area contributed by atoms with Gasteiger partial charge < -0.3 is 10.2 Å².